The van der Waals surface area contributed by atoms with Gasteiger partial charge in [0.2, 0.25) is 0 Å². The second kappa shape index (κ2) is 6.35. The number of anilines is 1. The Labute approximate surface area is 106 Å². The summed E-state index contributed by atoms with van der Waals surface area (Å²) in [4.78, 5) is 13.8. The first-order valence-electron chi connectivity index (χ1n) is 6.27. The number of amides is 2. The largest absolute Gasteiger partial charge is 0.337 e. The molecule has 0 spiro atoms. The number of nitrogens with zero attached hydrogens (tertiary/aromatic N) is 1. The van der Waals surface area contributed by atoms with Crippen LogP contribution in [-0.2, 0) is 0 Å². The van der Waals surface area contributed by atoms with Crippen LogP contribution in [0.5, 0.6) is 0 Å². The molecule has 1 aliphatic rings. The molecule has 5 heteroatoms. The van der Waals surface area contributed by atoms with Gasteiger partial charge in [-0.25, -0.2) is 9.18 Å². The summed E-state index contributed by atoms with van der Waals surface area (Å²) < 4.78 is 13.3. The molecule has 1 heterocycles. The molecule has 1 aliphatic heterocycles. The minimum Gasteiger partial charge on any atom is -0.337 e. The van der Waals surface area contributed by atoms with Crippen molar-refractivity contribution in [2.24, 2.45) is 0 Å². The second-order valence-electron chi connectivity index (χ2n) is 4.41. The molecule has 2 N–H and O–H groups in total. The van der Waals surface area contributed by atoms with Gasteiger partial charge in [-0.15, -0.1) is 0 Å². The Morgan fingerprint density at radius 2 is 2.00 bits per heavy atom. The molecular weight excluding hydrogens is 233 g/mol. The minimum atomic E-state index is -0.424. The summed E-state index contributed by atoms with van der Waals surface area (Å²) in [5, 5.41) is 5.22. The Balaban J connectivity index is 1.70. The van der Waals surface area contributed by atoms with Crippen LogP contribution in [-0.4, -0.2) is 37.1 Å². The lowest BCUT2D eigenvalue weighted by Gasteiger charge is -2.15. The van der Waals surface area contributed by atoms with E-state index in [-0.39, 0.29) is 11.7 Å². The standard InChI is InChI=1S/C13H18FN3O/c14-11-5-1-2-6-12(11)16-13(18)15-7-10-17-8-3-4-9-17/h1-2,5-6H,3-4,7-10H2,(H2,15,16,18). The number of carbonyl (C=O) groups excluding carboxylic acids is 1. The molecular formula is C13H18FN3O. The van der Waals surface area contributed by atoms with Gasteiger partial charge in [-0.2, -0.15) is 0 Å². The molecule has 0 aromatic heterocycles. The number of para-hydroxylation sites is 1. The Morgan fingerprint density at radius 1 is 1.28 bits per heavy atom. The summed E-state index contributed by atoms with van der Waals surface area (Å²) in [6, 6.07) is 5.77. The smallest absolute Gasteiger partial charge is 0.319 e. The lowest BCUT2D eigenvalue weighted by Crippen LogP contribution is -2.36. The van der Waals surface area contributed by atoms with E-state index in [0.717, 1.165) is 19.6 Å². The zero-order valence-electron chi connectivity index (χ0n) is 10.3. The van der Waals surface area contributed by atoms with Crippen LogP contribution < -0.4 is 10.6 Å². The molecule has 1 fully saturated rings. The first-order valence-corrected chi connectivity index (χ1v) is 6.27. The van der Waals surface area contributed by atoms with Crippen LogP contribution in [0.2, 0.25) is 0 Å². The molecule has 18 heavy (non-hydrogen) atoms. The summed E-state index contributed by atoms with van der Waals surface area (Å²) >= 11 is 0. The topological polar surface area (TPSA) is 44.4 Å². The van der Waals surface area contributed by atoms with Gasteiger partial charge in [0.15, 0.2) is 0 Å². The minimum absolute atomic E-state index is 0.205. The molecule has 0 aliphatic carbocycles. The maximum absolute atomic E-state index is 13.3. The number of urea groups is 1. The van der Waals surface area contributed by atoms with Crippen LogP contribution in [0, 0.1) is 5.82 Å². The van der Waals surface area contributed by atoms with Crippen molar-refractivity contribution < 1.29 is 9.18 Å². The highest BCUT2D eigenvalue weighted by Gasteiger charge is 2.11. The predicted octanol–water partition coefficient (Wildman–Crippen LogP) is 2.04. The molecule has 0 unspecified atom stereocenters. The average molecular weight is 251 g/mol. The molecule has 0 bridgehead atoms. The number of rotatable bonds is 4. The van der Waals surface area contributed by atoms with Crippen LogP contribution in [0.3, 0.4) is 0 Å². The maximum atomic E-state index is 13.3. The Kier molecular flexibility index (Phi) is 4.52. The number of likely N-dealkylation sites (tertiary alicyclic amines) is 1. The van der Waals surface area contributed by atoms with Crippen LogP contribution in [0.1, 0.15) is 12.8 Å². The number of halogens is 1. The normalized spacial score (nSPS) is 15.6. The lowest BCUT2D eigenvalue weighted by atomic mass is 10.3. The molecule has 1 aromatic carbocycles. The zero-order valence-corrected chi connectivity index (χ0v) is 10.3. The van der Waals surface area contributed by atoms with Crippen molar-refractivity contribution in [2.45, 2.75) is 12.8 Å². The first kappa shape index (κ1) is 12.8. The summed E-state index contributed by atoms with van der Waals surface area (Å²) in [7, 11) is 0. The van der Waals surface area contributed by atoms with E-state index >= 15 is 0 Å². The Hall–Kier alpha value is -1.62. The number of nitrogens with one attached hydrogen (secondary N) is 2. The van der Waals surface area contributed by atoms with E-state index in [1.54, 1.807) is 12.1 Å². The van der Waals surface area contributed by atoms with Gasteiger partial charge < -0.3 is 15.5 Å². The molecule has 4 nitrogen and oxygen atoms in total. The van der Waals surface area contributed by atoms with Crippen molar-refractivity contribution in [1.29, 1.82) is 0 Å². The fourth-order valence-corrected chi connectivity index (χ4v) is 2.06. The van der Waals surface area contributed by atoms with E-state index in [4.69, 9.17) is 0 Å². The predicted molar refractivity (Wildman–Crippen MR) is 69.1 cm³/mol. The number of benzene rings is 1. The molecule has 1 saturated heterocycles. The van der Waals surface area contributed by atoms with Gasteiger partial charge in [-0.3, -0.25) is 0 Å². The second-order valence-corrected chi connectivity index (χ2v) is 4.41. The Bertz CT molecular complexity index is 405. The van der Waals surface area contributed by atoms with Crippen molar-refractivity contribution in [2.75, 3.05) is 31.5 Å². The first-order chi connectivity index (χ1) is 8.75. The number of hydrogen-bond acceptors (Lipinski definition) is 2. The van der Waals surface area contributed by atoms with E-state index < -0.39 is 5.82 Å². The summed E-state index contributed by atoms with van der Waals surface area (Å²) in [6.07, 6.45) is 2.48. The SMILES string of the molecule is O=C(NCCN1CCCC1)Nc1ccccc1F. The monoisotopic (exact) mass is 251 g/mol. The molecule has 0 atom stereocenters. The summed E-state index contributed by atoms with van der Waals surface area (Å²) in [6.45, 7) is 3.65. The maximum Gasteiger partial charge on any atom is 0.319 e. The molecule has 98 valence electrons. The van der Waals surface area contributed by atoms with Crippen LogP contribution in [0.15, 0.2) is 24.3 Å². The van der Waals surface area contributed by atoms with E-state index in [9.17, 15) is 9.18 Å². The highest BCUT2D eigenvalue weighted by molar-refractivity contribution is 5.89. The Morgan fingerprint density at radius 3 is 2.72 bits per heavy atom. The van der Waals surface area contributed by atoms with Crippen molar-refractivity contribution in [3.05, 3.63) is 30.1 Å². The molecule has 2 amide bonds. The average Bonchev–Trinajstić information content (AvgIpc) is 2.85. The zero-order chi connectivity index (χ0) is 12.8. The van der Waals surface area contributed by atoms with Crippen LogP contribution >= 0.6 is 0 Å². The molecule has 2 rings (SSSR count). The van der Waals surface area contributed by atoms with Crippen molar-refractivity contribution in [3.8, 4) is 0 Å². The number of hydrogen-bond donors (Lipinski definition) is 2. The van der Waals surface area contributed by atoms with Gasteiger partial charge in [0.25, 0.3) is 0 Å². The van der Waals surface area contributed by atoms with Gasteiger partial charge in [0.05, 0.1) is 5.69 Å². The fourth-order valence-electron chi connectivity index (χ4n) is 2.06. The van der Waals surface area contributed by atoms with Gasteiger partial charge in [-0.1, -0.05) is 12.1 Å². The van der Waals surface area contributed by atoms with Crippen molar-refractivity contribution >= 4 is 11.7 Å². The van der Waals surface area contributed by atoms with Crippen molar-refractivity contribution in [3.63, 3.8) is 0 Å². The fraction of sp³-hybridized carbons (Fsp3) is 0.462. The molecule has 0 saturated carbocycles. The van der Waals surface area contributed by atoms with Crippen LogP contribution in [0.25, 0.3) is 0 Å². The van der Waals surface area contributed by atoms with Crippen LogP contribution in [0.4, 0.5) is 14.9 Å². The number of carbonyl (C=O) groups is 1. The van der Waals surface area contributed by atoms with E-state index in [0.29, 0.717) is 6.54 Å². The third kappa shape index (κ3) is 3.70. The van der Waals surface area contributed by atoms with Crippen molar-refractivity contribution in [1.82, 2.24) is 10.2 Å². The summed E-state index contributed by atoms with van der Waals surface area (Å²) in [5.41, 5.74) is 0.205. The lowest BCUT2D eigenvalue weighted by molar-refractivity contribution is 0.249. The van der Waals surface area contributed by atoms with E-state index in [1.807, 2.05) is 0 Å². The highest BCUT2D eigenvalue weighted by atomic mass is 19.1. The quantitative estimate of drug-likeness (QED) is 0.860. The third-order valence-electron chi connectivity index (χ3n) is 3.03. The highest BCUT2D eigenvalue weighted by Crippen LogP contribution is 2.11. The van der Waals surface area contributed by atoms with Gasteiger partial charge >= 0.3 is 6.03 Å². The third-order valence-corrected chi connectivity index (χ3v) is 3.03. The van der Waals surface area contributed by atoms with Gasteiger partial charge in [0, 0.05) is 13.1 Å². The summed E-state index contributed by atoms with van der Waals surface area (Å²) in [5.74, 6) is -0.424. The van der Waals surface area contributed by atoms with E-state index in [2.05, 4.69) is 15.5 Å². The van der Waals surface area contributed by atoms with Gasteiger partial charge in [0.1, 0.15) is 5.82 Å². The molecule has 0 radical (unpaired) electrons. The van der Waals surface area contributed by atoms with Gasteiger partial charge in [-0.05, 0) is 38.1 Å². The van der Waals surface area contributed by atoms with E-state index in [1.165, 1.54) is 25.0 Å². The molecule has 1 aromatic rings.